The van der Waals surface area contributed by atoms with Gasteiger partial charge in [-0.3, -0.25) is 0 Å². The molecule has 0 atom stereocenters. The summed E-state index contributed by atoms with van der Waals surface area (Å²) in [6.45, 7) is 0. The number of nitriles is 2. The van der Waals surface area contributed by atoms with Crippen molar-refractivity contribution < 1.29 is 28.7 Å². The van der Waals surface area contributed by atoms with Crippen LogP contribution in [0.3, 0.4) is 0 Å². The fraction of sp³-hybridized carbons (Fsp3) is 0. The first-order chi connectivity index (χ1) is 16.4. The maximum absolute atomic E-state index is 12.6. The van der Waals surface area contributed by atoms with Crippen LogP contribution in [-0.2, 0) is 9.47 Å². The molecule has 0 saturated carbocycles. The first-order valence-electron chi connectivity index (χ1n) is 10.1. The number of carbonyl (C=O) groups excluding carboxylic acids is 4. The molecule has 0 bridgehead atoms. The van der Waals surface area contributed by atoms with E-state index in [1.807, 2.05) is 0 Å². The van der Waals surface area contributed by atoms with Crippen molar-refractivity contribution in [1.82, 2.24) is 0 Å². The van der Waals surface area contributed by atoms with E-state index in [0.717, 1.165) is 0 Å². The number of rotatable bonds is 0. The molecule has 7 rings (SSSR count). The predicted molar refractivity (Wildman–Crippen MR) is 117 cm³/mol. The summed E-state index contributed by atoms with van der Waals surface area (Å²) < 4.78 is 9.71. The van der Waals surface area contributed by atoms with E-state index in [0.29, 0.717) is 43.1 Å². The van der Waals surface area contributed by atoms with Gasteiger partial charge < -0.3 is 9.47 Å². The quantitative estimate of drug-likeness (QED) is 0.151. The minimum absolute atomic E-state index is 0.0815. The van der Waals surface area contributed by atoms with Crippen molar-refractivity contribution in [3.8, 4) is 12.1 Å². The molecule has 0 spiro atoms. The van der Waals surface area contributed by atoms with E-state index < -0.39 is 23.9 Å². The van der Waals surface area contributed by atoms with Crippen molar-refractivity contribution in [3.05, 3.63) is 69.8 Å². The van der Waals surface area contributed by atoms with E-state index in [9.17, 15) is 29.7 Å². The van der Waals surface area contributed by atoms with Crippen molar-refractivity contribution in [1.29, 1.82) is 10.5 Å². The van der Waals surface area contributed by atoms with Crippen LogP contribution >= 0.6 is 0 Å². The number of hydrogen-bond donors (Lipinski definition) is 0. The highest BCUT2D eigenvalue weighted by Gasteiger charge is 2.34. The van der Waals surface area contributed by atoms with E-state index in [-0.39, 0.29) is 33.4 Å². The second kappa shape index (κ2) is 5.71. The molecule has 0 unspecified atom stereocenters. The first-order valence-corrected chi connectivity index (χ1v) is 10.1. The summed E-state index contributed by atoms with van der Waals surface area (Å²) in [6.07, 6.45) is 0. The lowest BCUT2D eigenvalue weighted by Crippen LogP contribution is -2.21. The molecule has 8 heteroatoms. The molecule has 34 heavy (non-hydrogen) atoms. The van der Waals surface area contributed by atoms with Crippen LogP contribution in [0.4, 0.5) is 0 Å². The van der Waals surface area contributed by atoms with Gasteiger partial charge in [0.1, 0.15) is 0 Å². The molecule has 2 heterocycles. The van der Waals surface area contributed by atoms with Gasteiger partial charge in [0.05, 0.1) is 45.5 Å². The molecule has 5 aromatic carbocycles. The van der Waals surface area contributed by atoms with E-state index in [4.69, 9.17) is 9.47 Å². The molecule has 156 valence electrons. The van der Waals surface area contributed by atoms with Gasteiger partial charge in [-0.2, -0.15) is 10.5 Å². The van der Waals surface area contributed by atoms with Gasteiger partial charge in [0.15, 0.2) is 0 Å². The van der Waals surface area contributed by atoms with Crippen molar-refractivity contribution in [3.63, 3.8) is 0 Å². The lowest BCUT2D eigenvalue weighted by Gasteiger charge is -2.23. The number of carbonyl (C=O) groups is 4. The largest absolute Gasteiger partial charge is 0.386 e. The molecule has 0 saturated heterocycles. The van der Waals surface area contributed by atoms with Gasteiger partial charge in [-0.05, 0) is 35.0 Å². The summed E-state index contributed by atoms with van der Waals surface area (Å²) in [5.41, 5.74) is 0.815. The maximum Gasteiger partial charge on any atom is 0.346 e. The Morgan fingerprint density at radius 3 is 1.26 bits per heavy atom. The fourth-order valence-corrected chi connectivity index (χ4v) is 5.33. The standard InChI is InChI=1S/C26H6N2O6/c27-7-9-5-16-20-14(24(30)34-26(16)32)4-2-12-18-10(8-28)6-15-19-13(23(29)33-25(15)31)3-1-11(21(18)19)17(9)22(12)20/h1-6H. The average molecular weight is 442 g/mol. The number of cyclic esters (lactones) is 4. The summed E-state index contributed by atoms with van der Waals surface area (Å²) in [5.74, 6) is -3.32. The lowest BCUT2D eigenvalue weighted by molar-refractivity contribution is 0.0373. The zero-order chi connectivity index (χ0) is 23.5. The Labute approximate surface area is 188 Å². The van der Waals surface area contributed by atoms with Crippen LogP contribution < -0.4 is 0 Å². The normalized spacial score (nSPS) is 14.5. The summed E-state index contributed by atoms with van der Waals surface area (Å²) in [7, 11) is 0. The Hall–Kier alpha value is -5.34. The summed E-state index contributed by atoms with van der Waals surface area (Å²) in [4.78, 5) is 50.1. The van der Waals surface area contributed by atoms with Crippen LogP contribution in [0.15, 0.2) is 36.4 Å². The third-order valence-electron chi connectivity index (χ3n) is 6.60. The van der Waals surface area contributed by atoms with Gasteiger partial charge in [0.2, 0.25) is 0 Å². The third-order valence-corrected chi connectivity index (χ3v) is 6.60. The Balaban J connectivity index is 1.91. The monoisotopic (exact) mass is 442 g/mol. The SMILES string of the molecule is N#Cc1cc2c3c(ccc4c5c(C#N)cc6c7c(ccc(c1c34)c75)C(=O)OC6=O)C(=O)OC2=O. The van der Waals surface area contributed by atoms with Gasteiger partial charge in [0, 0.05) is 32.3 Å². The zero-order valence-electron chi connectivity index (χ0n) is 16.8. The van der Waals surface area contributed by atoms with Crippen molar-refractivity contribution in [2.45, 2.75) is 0 Å². The predicted octanol–water partition coefficient (Wildman–Crippen LogP) is 4.10. The number of hydrogen-bond acceptors (Lipinski definition) is 8. The fourth-order valence-electron chi connectivity index (χ4n) is 5.33. The van der Waals surface area contributed by atoms with Gasteiger partial charge in [-0.1, -0.05) is 12.1 Å². The number of benzene rings is 5. The van der Waals surface area contributed by atoms with E-state index >= 15 is 0 Å². The smallest absolute Gasteiger partial charge is 0.346 e. The minimum atomic E-state index is -0.859. The first kappa shape index (κ1) is 18.3. The Morgan fingerprint density at radius 2 is 0.882 bits per heavy atom. The van der Waals surface area contributed by atoms with E-state index in [2.05, 4.69) is 12.1 Å². The molecule has 5 aromatic rings. The van der Waals surface area contributed by atoms with Crippen molar-refractivity contribution in [2.75, 3.05) is 0 Å². The second-order valence-electron chi connectivity index (χ2n) is 8.09. The molecule has 0 radical (unpaired) electrons. The van der Waals surface area contributed by atoms with Crippen LogP contribution in [0.5, 0.6) is 0 Å². The Kier molecular flexibility index (Phi) is 3.07. The average Bonchev–Trinajstić information content (AvgIpc) is 2.84. The molecule has 0 N–H and O–H groups in total. The molecular weight excluding hydrogens is 436 g/mol. The number of ether oxygens (including phenoxy) is 2. The number of fused-ring (bicyclic) bond motifs is 2. The number of nitrogens with zero attached hydrogens (tertiary/aromatic N) is 2. The molecular formula is C26H6N2O6. The maximum atomic E-state index is 12.6. The molecule has 0 fully saturated rings. The topological polar surface area (TPSA) is 134 Å². The molecule has 0 aliphatic carbocycles. The minimum Gasteiger partial charge on any atom is -0.386 e. The Morgan fingerprint density at radius 1 is 0.500 bits per heavy atom. The van der Waals surface area contributed by atoms with E-state index in [1.165, 1.54) is 24.3 Å². The highest BCUT2D eigenvalue weighted by Crippen LogP contribution is 2.47. The van der Waals surface area contributed by atoms with E-state index in [1.54, 1.807) is 12.1 Å². The second-order valence-corrected chi connectivity index (χ2v) is 8.09. The summed E-state index contributed by atoms with van der Waals surface area (Å²) in [6, 6.07) is 13.2. The number of esters is 4. The van der Waals surface area contributed by atoms with Gasteiger partial charge in [0.25, 0.3) is 0 Å². The van der Waals surface area contributed by atoms with Crippen LogP contribution in [0.2, 0.25) is 0 Å². The molecule has 0 amide bonds. The van der Waals surface area contributed by atoms with Crippen molar-refractivity contribution in [2.24, 2.45) is 0 Å². The van der Waals surface area contributed by atoms with Crippen LogP contribution in [0, 0.1) is 22.7 Å². The van der Waals surface area contributed by atoms with Crippen LogP contribution in [0.1, 0.15) is 52.6 Å². The highest BCUT2D eigenvalue weighted by atomic mass is 16.6. The third kappa shape index (κ3) is 1.88. The molecule has 2 aliphatic heterocycles. The van der Waals surface area contributed by atoms with Crippen LogP contribution in [-0.4, -0.2) is 23.9 Å². The van der Waals surface area contributed by atoms with Crippen molar-refractivity contribution >= 4 is 67.0 Å². The zero-order valence-corrected chi connectivity index (χ0v) is 16.8. The Bertz CT molecular complexity index is 1860. The van der Waals surface area contributed by atoms with Gasteiger partial charge >= 0.3 is 23.9 Å². The van der Waals surface area contributed by atoms with Crippen LogP contribution in [0.25, 0.3) is 43.1 Å². The van der Waals surface area contributed by atoms with Gasteiger partial charge in [-0.15, -0.1) is 0 Å². The summed E-state index contributed by atoms with van der Waals surface area (Å²) >= 11 is 0. The molecule has 2 aliphatic rings. The van der Waals surface area contributed by atoms with Gasteiger partial charge in [-0.25, -0.2) is 19.2 Å². The molecule has 8 nitrogen and oxygen atoms in total. The highest BCUT2D eigenvalue weighted by molar-refractivity contribution is 6.41. The molecule has 0 aromatic heterocycles. The lowest BCUT2D eigenvalue weighted by atomic mass is 9.81. The summed E-state index contributed by atoms with van der Waals surface area (Å²) in [5, 5.41) is 23.5.